The minimum absolute atomic E-state index is 0.0341. The molecular formula is C23H33N7O2. The summed E-state index contributed by atoms with van der Waals surface area (Å²) in [6, 6.07) is 4.77. The van der Waals surface area contributed by atoms with Gasteiger partial charge in [-0.25, -0.2) is 4.98 Å². The van der Waals surface area contributed by atoms with Gasteiger partial charge in [-0.15, -0.1) is 0 Å². The van der Waals surface area contributed by atoms with Crippen molar-refractivity contribution in [2.45, 2.75) is 50.6 Å². The van der Waals surface area contributed by atoms with Crippen molar-refractivity contribution in [2.24, 2.45) is 11.7 Å². The average molecular weight is 440 g/mol. The zero-order valence-electron chi connectivity index (χ0n) is 18.8. The molecule has 5 heterocycles. The van der Waals surface area contributed by atoms with Crippen LogP contribution in [-0.2, 0) is 4.79 Å². The van der Waals surface area contributed by atoms with E-state index in [1.807, 2.05) is 12.1 Å². The summed E-state index contributed by atoms with van der Waals surface area (Å²) < 4.78 is 5.77. The van der Waals surface area contributed by atoms with E-state index < -0.39 is 0 Å². The van der Waals surface area contributed by atoms with E-state index in [2.05, 4.69) is 31.9 Å². The molecule has 0 bridgehead atoms. The van der Waals surface area contributed by atoms with Gasteiger partial charge in [0.1, 0.15) is 5.82 Å². The Morgan fingerprint density at radius 2 is 1.88 bits per heavy atom. The first kappa shape index (κ1) is 21.3. The third-order valence-electron chi connectivity index (χ3n) is 7.40. The SMILES string of the molecule is CN1CCC(N2CCCC2c2nc(-c3ccnc(N4CCC(C(N)=O)CC4)c3)no2)CC1. The number of rotatable bonds is 5. The fourth-order valence-corrected chi connectivity index (χ4v) is 5.43. The van der Waals surface area contributed by atoms with Crippen molar-refractivity contribution in [2.75, 3.05) is 44.7 Å². The van der Waals surface area contributed by atoms with Crippen molar-refractivity contribution in [1.82, 2.24) is 24.9 Å². The lowest BCUT2D eigenvalue weighted by Gasteiger charge is -2.37. The Morgan fingerprint density at radius 3 is 2.62 bits per heavy atom. The van der Waals surface area contributed by atoms with Crippen molar-refractivity contribution in [3.63, 3.8) is 0 Å². The molecular weight excluding hydrogens is 406 g/mol. The number of piperidine rings is 2. The number of amides is 1. The number of anilines is 1. The lowest BCUT2D eigenvalue weighted by atomic mass is 9.96. The molecule has 3 aliphatic heterocycles. The minimum Gasteiger partial charge on any atom is -0.369 e. The quantitative estimate of drug-likeness (QED) is 0.755. The number of primary amides is 1. The molecule has 0 aliphatic carbocycles. The second-order valence-electron chi connectivity index (χ2n) is 9.45. The van der Waals surface area contributed by atoms with E-state index in [4.69, 9.17) is 15.2 Å². The van der Waals surface area contributed by atoms with Gasteiger partial charge < -0.3 is 20.1 Å². The fourth-order valence-electron chi connectivity index (χ4n) is 5.43. The highest BCUT2D eigenvalue weighted by molar-refractivity contribution is 5.77. The van der Waals surface area contributed by atoms with Gasteiger partial charge in [-0.05, 0) is 77.3 Å². The Balaban J connectivity index is 1.29. The lowest BCUT2D eigenvalue weighted by molar-refractivity contribution is -0.122. The summed E-state index contributed by atoms with van der Waals surface area (Å²) in [4.78, 5) is 28.0. The summed E-state index contributed by atoms with van der Waals surface area (Å²) in [5, 5.41) is 4.32. The topological polar surface area (TPSA) is 105 Å². The summed E-state index contributed by atoms with van der Waals surface area (Å²) in [6.07, 6.45) is 7.98. The molecule has 3 saturated heterocycles. The van der Waals surface area contributed by atoms with Crippen LogP contribution < -0.4 is 10.6 Å². The van der Waals surface area contributed by atoms with Crippen LogP contribution in [0.2, 0.25) is 0 Å². The molecule has 2 aromatic rings. The molecule has 1 atom stereocenters. The van der Waals surface area contributed by atoms with E-state index in [1.165, 1.54) is 19.3 Å². The molecule has 32 heavy (non-hydrogen) atoms. The molecule has 0 radical (unpaired) electrons. The van der Waals surface area contributed by atoms with Crippen LogP contribution in [0.1, 0.15) is 50.5 Å². The van der Waals surface area contributed by atoms with Gasteiger partial charge in [0.25, 0.3) is 0 Å². The van der Waals surface area contributed by atoms with Gasteiger partial charge in [0.2, 0.25) is 17.6 Å². The molecule has 3 fully saturated rings. The van der Waals surface area contributed by atoms with Crippen LogP contribution >= 0.6 is 0 Å². The zero-order chi connectivity index (χ0) is 22.1. The molecule has 0 aromatic carbocycles. The van der Waals surface area contributed by atoms with Crippen molar-refractivity contribution in [1.29, 1.82) is 0 Å². The maximum Gasteiger partial charge on any atom is 0.244 e. The van der Waals surface area contributed by atoms with E-state index in [0.29, 0.717) is 11.9 Å². The first-order valence-corrected chi connectivity index (χ1v) is 11.9. The third-order valence-corrected chi connectivity index (χ3v) is 7.40. The van der Waals surface area contributed by atoms with Crippen molar-refractivity contribution >= 4 is 11.7 Å². The number of pyridine rings is 1. The summed E-state index contributed by atoms with van der Waals surface area (Å²) >= 11 is 0. The zero-order valence-corrected chi connectivity index (χ0v) is 18.8. The van der Waals surface area contributed by atoms with E-state index in [1.54, 1.807) is 6.20 Å². The van der Waals surface area contributed by atoms with Gasteiger partial charge in [-0.2, -0.15) is 4.98 Å². The van der Waals surface area contributed by atoms with Crippen LogP contribution in [0.4, 0.5) is 5.82 Å². The molecule has 2 aromatic heterocycles. The monoisotopic (exact) mass is 439 g/mol. The summed E-state index contributed by atoms with van der Waals surface area (Å²) in [6.45, 7) is 4.96. The molecule has 1 amide bonds. The van der Waals surface area contributed by atoms with E-state index in [9.17, 15) is 4.79 Å². The van der Waals surface area contributed by atoms with Gasteiger partial charge in [-0.1, -0.05) is 5.16 Å². The number of likely N-dealkylation sites (tertiary alicyclic amines) is 2. The van der Waals surface area contributed by atoms with Crippen LogP contribution in [-0.4, -0.2) is 76.6 Å². The number of hydrogen-bond acceptors (Lipinski definition) is 8. The van der Waals surface area contributed by atoms with E-state index in [0.717, 1.165) is 69.3 Å². The van der Waals surface area contributed by atoms with Crippen LogP contribution in [0.25, 0.3) is 11.4 Å². The third kappa shape index (κ3) is 4.36. The highest BCUT2D eigenvalue weighted by atomic mass is 16.5. The molecule has 5 rings (SSSR count). The Kier molecular flexibility index (Phi) is 6.10. The van der Waals surface area contributed by atoms with Gasteiger partial charge in [0.05, 0.1) is 6.04 Å². The van der Waals surface area contributed by atoms with Crippen molar-refractivity contribution in [3.8, 4) is 11.4 Å². The fraction of sp³-hybridized carbons (Fsp3) is 0.652. The smallest absolute Gasteiger partial charge is 0.244 e. The van der Waals surface area contributed by atoms with Gasteiger partial charge in [0, 0.05) is 36.8 Å². The molecule has 0 spiro atoms. The predicted molar refractivity (Wildman–Crippen MR) is 121 cm³/mol. The predicted octanol–water partition coefficient (Wildman–Crippen LogP) is 2.06. The van der Waals surface area contributed by atoms with Crippen LogP contribution in [0.3, 0.4) is 0 Å². The first-order chi connectivity index (χ1) is 15.6. The summed E-state index contributed by atoms with van der Waals surface area (Å²) in [7, 11) is 2.20. The maximum atomic E-state index is 11.4. The molecule has 1 unspecified atom stereocenters. The highest BCUT2D eigenvalue weighted by Gasteiger charge is 2.36. The number of carbonyl (C=O) groups excluding carboxylic acids is 1. The van der Waals surface area contributed by atoms with Crippen molar-refractivity contribution < 1.29 is 9.32 Å². The van der Waals surface area contributed by atoms with Crippen LogP contribution in [0.15, 0.2) is 22.9 Å². The highest BCUT2D eigenvalue weighted by Crippen LogP contribution is 2.36. The summed E-state index contributed by atoms with van der Waals surface area (Å²) in [5.41, 5.74) is 6.37. The average Bonchev–Trinajstić information content (AvgIpc) is 3.50. The molecule has 172 valence electrons. The standard InChI is InChI=1S/C23H33N7O2/c1-28-11-7-18(8-12-28)30-10-2-3-19(30)23-26-22(27-32-23)17-4-9-25-20(15-17)29-13-5-16(6-14-29)21(24)31/h4,9,15-16,18-19H,2-3,5-8,10-14H2,1H3,(H2,24,31). The number of nitrogens with two attached hydrogens (primary N) is 1. The first-order valence-electron chi connectivity index (χ1n) is 11.9. The Bertz CT molecular complexity index is 932. The van der Waals surface area contributed by atoms with Gasteiger partial charge in [-0.3, -0.25) is 9.69 Å². The second-order valence-corrected chi connectivity index (χ2v) is 9.45. The maximum absolute atomic E-state index is 11.4. The lowest BCUT2D eigenvalue weighted by Crippen LogP contribution is -2.43. The Labute approximate surface area is 188 Å². The largest absolute Gasteiger partial charge is 0.369 e. The van der Waals surface area contributed by atoms with Crippen molar-refractivity contribution in [3.05, 3.63) is 24.2 Å². The van der Waals surface area contributed by atoms with Crippen LogP contribution in [0, 0.1) is 5.92 Å². The number of carbonyl (C=O) groups is 1. The van der Waals surface area contributed by atoms with Gasteiger partial charge >= 0.3 is 0 Å². The number of nitrogens with zero attached hydrogens (tertiary/aromatic N) is 6. The normalized spacial score (nSPS) is 24.3. The molecule has 2 N–H and O–H groups in total. The molecule has 9 heteroatoms. The number of aromatic nitrogens is 3. The Morgan fingerprint density at radius 1 is 1.09 bits per heavy atom. The summed E-state index contributed by atoms with van der Waals surface area (Å²) in [5.74, 6) is 1.99. The minimum atomic E-state index is -0.202. The number of hydrogen-bond donors (Lipinski definition) is 1. The molecule has 0 saturated carbocycles. The van der Waals surface area contributed by atoms with E-state index >= 15 is 0 Å². The van der Waals surface area contributed by atoms with E-state index in [-0.39, 0.29) is 17.9 Å². The van der Waals surface area contributed by atoms with Gasteiger partial charge in [0.15, 0.2) is 0 Å². The Hall–Kier alpha value is -2.52. The van der Waals surface area contributed by atoms with Crippen LogP contribution in [0.5, 0.6) is 0 Å². The molecule has 3 aliphatic rings. The molecule has 9 nitrogen and oxygen atoms in total. The second kappa shape index (κ2) is 9.15.